The number of hydrogen-bond acceptors (Lipinski definition) is 4. The van der Waals surface area contributed by atoms with Crippen LogP contribution in [0.1, 0.15) is 37.9 Å². The quantitative estimate of drug-likeness (QED) is 0.330. The minimum absolute atomic E-state index is 0.0534. The second-order valence-corrected chi connectivity index (χ2v) is 8.61. The van der Waals surface area contributed by atoms with Gasteiger partial charge in [-0.15, -0.1) is 8.78 Å². The maximum atomic E-state index is 13.0. The summed E-state index contributed by atoms with van der Waals surface area (Å²) in [6.07, 6.45) is 4.98. The molecule has 2 N–H and O–H groups in total. The van der Waals surface area contributed by atoms with Crippen molar-refractivity contribution in [3.05, 3.63) is 41.6 Å². The van der Waals surface area contributed by atoms with Gasteiger partial charge in [0.1, 0.15) is 5.75 Å². The van der Waals surface area contributed by atoms with Crippen molar-refractivity contribution in [3.8, 4) is 5.75 Å². The summed E-state index contributed by atoms with van der Waals surface area (Å²) in [6, 6.07) is 4.55. The fraction of sp³-hybridized carbons (Fsp3) is 0.478. The first-order valence-electron chi connectivity index (χ1n) is 10.6. The SMILES string of the molecule is Cc1[nH]c2ccc(OC(F)(F)Cl)cc2c1CCNC(=O)[C@H]1CC=CC[C@H]1C(=O)OC(C)C. The summed E-state index contributed by atoms with van der Waals surface area (Å²) in [5.74, 6) is -1.61. The Bertz CT molecular complexity index is 1010. The first-order chi connectivity index (χ1) is 15.0. The molecule has 2 atom stereocenters. The number of H-pyrrole nitrogens is 1. The normalized spacial score (nSPS) is 18.7. The van der Waals surface area contributed by atoms with Crippen molar-refractivity contribution < 1.29 is 27.8 Å². The standard InChI is InChI=1S/C23H27ClF2N2O4/c1-13(2)31-22(30)18-7-5-4-6-17(18)21(29)27-11-10-16-14(3)28-20-9-8-15(12-19(16)20)32-23(24,25)26/h4-5,8-9,12-13,17-18,28H,6-7,10-11H2,1-3H3,(H,27,29)/t17-,18+/m0/s1. The Kier molecular flexibility index (Phi) is 7.44. The monoisotopic (exact) mass is 468 g/mol. The van der Waals surface area contributed by atoms with Crippen molar-refractivity contribution in [1.29, 1.82) is 0 Å². The summed E-state index contributed by atoms with van der Waals surface area (Å²) in [4.78, 5) is 28.4. The first-order valence-corrected chi connectivity index (χ1v) is 10.9. The summed E-state index contributed by atoms with van der Waals surface area (Å²) >= 11 is 4.87. The molecule has 0 aliphatic heterocycles. The molecular formula is C23H27ClF2N2O4. The fourth-order valence-corrected chi connectivity index (χ4v) is 4.10. The average Bonchev–Trinajstić information content (AvgIpc) is 3.01. The van der Waals surface area contributed by atoms with Crippen LogP contribution in [0.4, 0.5) is 8.78 Å². The zero-order valence-electron chi connectivity index (χ0n) is 18.2. The minimum atomic E-state index is -3.80. The molecule has 1 aromatic heterocycles. The highest BCUT2D eigenvalue weighted by atomic mass is 35.5. The molecule has 3 rings (SSSR count). The number of ether oxygens (including phenoxy) is 2. The molecular weight excluding hydrogens is 442 g/mol. The van der Waals surface area contributed by atoms with Gasteiger partial charge >= 0.3 is 11.5 Å². The third-order valence-electron chi connectivity index (χ3n) is 5.42. The Labute approximate surface area is 190 Å². The van der Waals surface area contributed by atoms with E-state index in [2.05, 4.69) is 15.0 Å². The Morgan fingerprint density at radius 2 is 1.94 bits per heavy atom. The summed E-state index contributed by atoms with van der Waals surface area (Å²) in [5.41, 5.74) is -1.29. The number of hydrogen-bond donors (Lipinski definition) is 2. The second-order valence-electron chi connectivity index (χ2n) is 8.17. The molecule has 0 bridgehead atoms. The lowest BCUT2D eigenvalue weighted by molar-refractivity contribution is -0.156. The van der Waals surface area contributed by atoms with Crippen LogP contribution in [0.25, 0.3) is 10.9 Å². The third kappa shape index (κ3) is 6.00. The highest BCUT2D eigenvalue weighted by molar-refractivity contribution is 6.20. The van der Waals surface area contributed by atoms with Gasteiger partial charge in [-0.2, -0.15) is 0 Å². The third-order valence-corrected chi connectivity index (χ3v) is 5.50. The number of rotatable bonds is 8. The first kappa shape index (κ1) is 24.0. The second kappa shape index (κ2) is 9.90. The van der Waals surface area contributed by atoms with Crippen LogP contribution in [0, 0.1) is 18.8 Å². The number of carbonyl (C=O) groups excluding carboxylic acids is 2. The number of benzene rings is 1. The minimum Gasteiger partial charge on any atom is -0.463 e. The van der Waals surface area contributed by atoms with Crippen molar-refractivity contribution in [1.82, 2.24) is 10.3 Å². The van der Waals surface area contributed by atoms with Crippen molar-refractivity contribution >= 4 is 34.4 Å². The van der Waals surface area contributed by atoms with E-state index in [9.17, 15) is 18.4 Å². The molecule has 1 aliphatic rings. The van der Waals surface area contributed by atoms with E-state index in [4.69, 9.17) is 16.3 Å². The number of alkyl halides is 3. The summed E-state index contributed by atoms with van der Waals surface area (Å²) in [7, 11) is 0. The summed E-state index contributed by atoms with van der Waals surface area (Å²) in [6.45, 7) is 5.76. The van der Waals surface area contributed by atoms with Crippen molar-refractivity contribution in [3.63, 3.8) is 0 Å². The Hall–Kier alpha value is -2.61. The number of aromatic amines is 1. The Morgan fingerprint density at radius 1 is 1.25 bits per heavy atom. The number of aryl methyl sites for hydroxylation is 1. The molecule has 0 unspecified atom stereocenters. The lowest BCUT2D eigenvalue weighted by atomic mass is 9.82. The number of aromatic nitrogens is 1. The largest absolute Gasteiger partial charge is 0.487 e. The maximum absolute atomic E-state index is 13.0. The number of carbonyl (C=O) groups is 2. The lowest BCUT2D eigenvalue weighted by Gasteiger charge is -2.26. The van der Waals surface area contributed by atoms with Gasteiger partial charge in [-0.3, -0.25) is 9.59 Å². The van der Waals surface area contributed by atoms with Crippen LogP contribution in [-0.4, -0.2) is 35.1 Å². The number of allylic oxidation sites excluding steroid dienone is 2. The van der Waals surface area contributed by atoms with E-state index in [1.54, 1.807) is 19.9 Å². The number of amides is 1. The number of halogens is 3. The molecule has 1 aromatic carbocycles. The molecule has 0 fully saturated rings. The van der Waals surface area contributed by atoms with E-state index in [0.717, 1.165) is 16.8 Å². The van der Waals surface area contributed by atoms with Crippen LogP contribution in [-0.2, 0) is 20.7 Å². The van der Waals surface area contributed by atoms with E-state index in [1.807, 2.05) is 19.1 Å². The Morgan fingerprint density at radius 3 is 2.59 bits per heavy atom. The van der Waals surface area contributed by atoms with Gasteiger partial charge in [-0.05, 0) is 63.8 Å². The van der Waals surface area contributed by atoms with Crippen LogP contribution >= 0.6 is 11.6 Å². The molecule has 6 nitrogen and oxygen atoms in total. The van der Waals surface area contributed by atoms with Gasteiger partial charge in [0, 0.05) is 34.7 Å². The molecule has 174 valence electrons. The molecule has 0 saturated heterocycles. The van der Waals surface area contributed by atoms with Gasteiger partial charge in [0.15, 0.2) is 0 Å². The van der Waals surface area contributed by atoms with E-state index in [-0.39, 0.29) is 23.7 Å². The van der Waals surface area contributed by atoms with Crippen molar-refractivity contribution in [2.24, 2.45) is 11.8 Å². The molecule has 1 amide bonds. The average molecular weight is 469 g/mol. The van der Waals surface area contributed by atoms with Crippen LogP contribution in [0.3, 0.4) is 0 Å². The van der Waals surface area contributed by atoms with Crippen molar-refractivity contribution in [2.45, 2.75) is 51.7 Å². The lowest BCUT2D eigenvalue weighted by Crippen LogP contribution is -2.40. The van der Waals surface area contributed by atoms with Crippen molar-refractivity contribution in [2.75, 3.05) is 6.54 Å². The van der Waals surface area contributed by atoms with Crippen LogP contribution in [0.5, 0.6) is 5.75 Å². The summed E-state index contributed by atoms with van der Waals surface area (Å²) < 4.78 is 35.7. The van der Waals surface area contributed by atoms with Crippen LogP contribution in [0.2, 0.25) is 0 Å². The Balaban J connectivity index is 1.67. The van der Waals surface area contributed by atoms with Gasteiger partial charge in [-0.1, -0.05) is 12.2 Å². The fourth-order valence-electron chi connectivity index (χ4n) is 4.01. The van der Waals surface area contributed by atoms with Gasteiger partial charge in [0.05, 0.1) is 17.9 Å². The van der Waals surface area contributed by atoms with Gasteiger partial charge in [0.25, 0.3) is 0 Å². The molecule has 32 heavy (non-hydrogen) atoms. The molecule has 0 saturated carbocycles. The number of fused-ring (bicyclic) bond motifs is 1. The summed E-state index contributed by atoms with van der Waals surface area (Å²) in [5, 5.41) is 3.62. The molecule has 2 aromatic rings. The highest BCUT2D eigenvalue weighted by Gasteiger charge is 2.35. The molecule has 1 aliphatic carbocycles. The van der Waals surface area contributed by atoms with E-state index < -0.39 is 17.4 Å². The maximum Gasteiger partial charge on any atom is 0.487 e. The highest BCUT2D eigenvalue weighted by Crippen LogP contribution is 2.31. The van der Waals surface area contributed by atoms with Gasteiger partial charge < -0.3 is 19.8 Å². The predicted octanol–water partition coefficient (Wildman–Crippen LogP) is 4.84. The zero-order chi connectivity index (χ0) is 23.5. The van der Waals surface area contributed by atoms with Crippen LogP contribution in [0.15, 0.2) is 30.4 Å². The van der Waals surface area contributed by atoms with Gasteiger partial charge in [-0.25, -0.2) is 0 Å². The van der Waals surface area contributed by atoms with Crippen LogP contribution < -0.4 is 10.1 Å². The van der Waals surface area contributed by atoms with E-state index in [0.29, 0.717) is 31.2 Å². The topological polar surface area (TPSA) is 80.4 Å². The van der Waals surface area contributed by atoms with Gasteiger partial charge in [0.2, 0.25) is 5.91 Å². The van der Waals surface area contributed by atoms with E-state index in [1.165, 1.54) is 12.1 Å². The number of nitrogens with one attached hydrogen (secondary N) is 2. The number of esters is 1. The molecule has 1 heterocycles. The molecule has 0 spiro atoms. The zero-order valence-corrected chi connectivity index (χ0v) is 19.0. The molecule has 0 radical (unpaired) electrons. The molecule has 9 heteroatoms. The smallest absolute Gasteiger partial charge is 0.463 e. The van der Waals surface area contributed by atoms with E-state index >= 15 is 0 Å². The predicted molar refractivity (Wildman–Crippen MR) is 118 cm³/mol.